The molecule has 2 aliphatic carbocycles. The van der Waals surface area contributed by atoms with Gasteiger partial charge in [-0.25, -0.2) is 0 Å². The summed E-state index contributed by atoms with van der Waals surface area (Å²) in [7, 11) is 0. The van der Waals surface area contributed by atoms with Crippen molar-refractivity contribution in [1.29, 1.82) is 0 Å². The lowest BCUT2D eigenvalue weighted by atomic mass is 9.66. The standard InChI is InChI=1S/C29H40N2O7/c1-17-14-22-25(27(37-19(3)33)29(4)24(34)15-23(26(17)29)36-18(2)32)21(28(35)38-22)16-30-10-12-31(13-11-30)20-8-6-5-7-9-20/h5-9,17,21-27,34H,10-16H2,1-4H3/t17-,21+,22+,23+,24+,25-,26-,27+,29-/m1/s1. The maximum Gasteiger partial charge on any atom is 0.311 e. The van der Waals surface area contributed by atoms with Crippen LogP contribution < -0.4 is 4.90 Å². The molecule has 4 fully saturated rings. The van der Waals surface area contributed by atoms with E-state index in [9.17, 15) is 19.5 Å². The van der Waals surface area contributed by atoms with Crippen LogP contribution >= 0.6 is 0 Å². The van der Waals surface area contributed by atoms with E-state index >= 15 is 0 Å². The molecule has 2 aliphatic heterocycles. The number of anilines is 1. The van der Waals surface area contributed by atoms with Gasteiger partial charge in [0.25, 0.3) is 0 Å². The Morgan fingerprint density at radius 1 is 1.05 bits per heavy atom. The second kappa shape index (κ2) is 10.5. The molecule has 0 spiro atoms. The molecular formula is C29H40N2O7. The van der Waals surface area contributed by atoms with E-state index in [0.29, 0.717) is 13.0 Å². The average Bonchev–Trinajstić information content (AvgIpc) is 3.26. The first-order chi connectivity index (χ1) is 18.1. The second-order valence-electron chi connectivity index (χ2n) is 11.8. The molecule has 9 nitrogen and oxygen atoms in total. The van der Waals surface area contributed by atoms with E-state index in [2.05, 4.69) is 28.9 Å². The zero-order valence-corrected chi connectivity index (χ0v) is 22.7. The Balaban J connectivity index is 1.40. The van der Waals surface area contributed by atoms with Gasteiger partial charge in [0.2, 0.25) is 0 Å². The Hall–Kier alpha value is -2.65. The van der Waals surface area contributed by atoms with Crippen molar-refractivity contribution < 1.29 is 33.7 Å². The Morgan fingerprint density at radius 2 is 1.71 bits per heavy atom. The highest BCUT2D eigenvalue weighted by molar-refractivity contribution is 5.76. The highest BCUT2D eigenvalue weighted by Gasteiger charge is 2.67. The number of piperazine rings is 1. The number of benzene rings is 1. The first-order valence-corrected chi connectivity index (χ1v) is 13.8. The molecule has 4 aliphatic rings. The Morgan fingerprint density at radius 3 is 2.34 bits per heavy atom. The lowest BCUT2D eigenvalue weighted by Gasteiger charge is -2.44. The van der Waals surface area contributed by atoms with Crippen molar-refractivity contribution in [3.8, 4) is 0 Å². The summed E-state index contributed by atoms with van der Waals surface area (Å²) < 4.78 is 17.7. The van der Waals surface area contributed by atoms with Gasteiger partial charge in [-0.1, -0.05) is 32.0 Å². The number of aliphatic hydroxyl groups is 1. The highest BCUT2D eigenvalue weighted by atomic mass is 16.6. The molecule has 0 bridgehead atoms. The molecule has 1 aromatic carbocycles. The van der Waals surface area contributed by atoms with Gasteiger partial charge in [-0.05, 0) is 24.5 Å². The van der Waals surface area contributed by atoms with Crippen LogP contribution in [0.4, 0.5) is 5.69 Å². The normalized spacial score (nSPS) is 39.1. The van der Waals surface area contributed by atoms with E-state index in [1.165, 1.54) is 19.5 Å². The summed E-state index contributed by atoms with van der Waals surface area (Å²) in [6.45, 7) is 10.5. The van der Waals surface area contributed by atoms with Crippen LogP contribution in [0.25, 0.3) is 0 Å². The van der Waals surface area contributed by atoms with Crippen LogP contribution in [0.3, 0.4) is 0 Å². The molecule has 38 heavy (non-hydrogen) atoms. The number of hydrogen-bond donors (Lipinski definition) is 1. The topological polar surface area (TPSA) is 106 Å². The smallest absolute Gasteiger partial charge is 0.311 e. The molecule has 1 N–H and O–H groups in total. The third-order valence-electron chi connectivity index (χ3n) is 9.50. The van der Waals surface area contributed by atoms with Crippen molar-refractivity contribution in [1.82, 2.24) is 4.90 Å². The average molecular weight is 529 g/mol. The van der Waals surface area contributed by atoms with Crippen molar-refractivity contribution in [2.45, 2.75) is 65.0 Å². The Labute approximate surface area is 224 Å². The van der Waals surface area contributed by atoms with Crippen molar-refractivity contribution >= 4 is 23.6 Å². The number of fused-ring (bicyclic) bond motifs is 2. The minimum Gasteiger partial charge on any atom is -0.462 e. The van der Waals surface area contributed by atoms with E-state index in [1.54, 1.807) is 0 Å². The Kier molecular flexibility index (Phi) is 7.44. The molecule has 0 amide bonds. The van der Waals surface area contributed by atoms with E-state index < -0.39 is 47.7 Å². The number of nitrogens with zero attached hydrogens (tertiary/aromatic N) is 2. The van der Waals surface area contributed by atoms with Crippen LogP contribution in [0, 0.1) is 29.1 Å². The number of ether oxygens (including phenoxy) is 3. The number of para-hydroxylation sites is 1. The fraction of sp³-hybridized carbons (Fsp3) is 0.690. The maximum atomic E-state index is 13.3. The summed E-state index contributed by atoms with van der Waals surface area (Å²) in [5, 5.41) is 11.4. The van der Waals surface area contributed by atoms with Crippen LogP contribution in [0.5, 0.6) is 0 Å². The van der Waals surface area contributed by atoms with Gasteiger partial charge in [0.15, 0.2) is 0 Å². The van der Waals surface area contributed by atoms with Gasteiger partial charge in [0.05, 0.1) is 12.0 Å². The van der Waals surface area contributed by atoms with Gasteiger partial charge < -0.3 is 24.2 Å². The lowest BCUT2D eigenvalue weighted by molar-refractivity contribution is -0.174. The van der Waals surface area contributed by atoms with Gasteiger partial charge in [-0.2, -0.15) is 0 Å². The number of aliphatic hydroxyl groups excluding tert-OH is 1. The van der Waals surface area contributed by atoms with Gasteiger partial charge in [0.1, 0.15) is 18.3 Å². The van der Waals surface area contributed by atoms with E-state index in [-0.39, 0.29) is 30.1 Å². The maximum absolute atomic E-state index is 13.3. The first kappa shape index (κ1) is 26.9. The summed E-state index contributed by atoms with van der Waals surface area (Å²) >= 11 is 0. The predicted octanol–water partition coefficient (Wildman–Crippen LogP) is 2.26. The third-order valence-corrected chi connectivity index (χ3v) is 9.50. The molecule has 208 valence electrons. The monoisotopic (exact) mass is 528 g/mol. The van der Waals surface area contributed by atoms with Gasteiger partial charge in [-0.3, -0.25) is 19.3 Å². The quantitative estimate of drug-likeness (QED) is 0.455. The zero-order chi connectivity index (χ0) is 27.2. The molecular weight excluding hydrogens is 488 g/mol. The summed E-state index contributed by atoms with van der Waals surface area (Å²) in [4.78, 5) is 42.2. The van der Waals surface area contributed by atoms with E-state index in [4.69, 9.17) is 14.2 Å². The van der Waals surface area contributed by atoms with Crippen LogP contribution in [0.15, 0.2) is 30.3 Å². The third kappa shape index (κ3) is 4.79. The first-order valence-electron chi connectivity index (χ1n) is 13.8. The van der Waals surface area contributed by atoms with Gasteiger partial charge in [0, 0.05) is 75.9 Å². The molecule has 0 unspecified atom stereocenters. The van der Waals surface area contributed by atoms with Gasteiger partial charge in [-0.15, -0.1) is 0 Å². The minimum atomic E-state index is -0.886. The van der Waals surface area contributed by atoms with Crippen molar-refractivity contribution in [3.05, 3.63) is 30.3 Å². The summed E-state index contributed by atoms with van der Waals surface area (Å²) in [6, 6.07) is 10.3. The molecule has 2 heterocycles. The number of carbonyl (C=O) groups is 3. The van der Waals surface area contributed by atoms with Crippen LogP contribution in [0.1, 0.15) is 40.5 Å². The van der Waals surface area contributed by atoms with Crippen molar-refractivity contribution in [3.63, 3.8) is 0 Å². The van der Waals surface area contributed by atoms with Crippen LogP contribution in [-0.2, 0) is 28.6 Å². The fourth-order valence-electron chi connectivity index (χ4n) is 7.89. The molecule has 9 atom stereocenters. The molecule has 1 aromatic rings. The van der Waals surface area contributed by atoms with Crippen molar-refractivity contribution in [2.24, 2.45) is 29.1 Å². The molecule has 0 aromatic heterocycles. The highest BCUT2D eigenvalue weighted by Crippen LogP contribution is 2.59. The number of hydrogen-bond acceptors (Lipinski definition) is 9. The molecule has 2 saturated heterocycles. The second-order valence-corrected chi connectivity index (χ2v) is 11.8. The van der Waals surface area contributed by atoms with Crippen LogP contribution in [0.2, 0.25) is 0 Å². The summed E-state index contributed by atoms with van der Waals surface area (Å²) in [5.74, 6) is -2.23. The van der Waals surface area contributed by atoms with Gasteiger partial charge >= 0.3 is 17.9 Å². The SMILES string of the molecule is CC(=O)O[C@H]1C[C@H](O)[C@]2(C)[C@@H]1[C@H](C)C[C@@H]1OC(=O)[C@@H](CN3CCN(c4ccccc4)CC3)[C@H]1[C@@H]2OC(C)=O. The number of rotatable bonds is 5. The lowest BCUT2D eigenvalue weighted by Crippen LogP contribution is -2.54. The predicted molar refractivity (Wildman–Crippen MR) is 139 cm³/mol. The molecule has 5 rings (SSSR count). The van der Waals surface area contributed by atoms with E-state index in [0.717, 1.165) is 26.2 Å². The molecule has 9 heteroatoms. The number of carbonyl (C=O) groups excluding carboxylic acids is 3. The fourth-order valence-corrected chi connectivity index (χ4v) is 7.89. The number of esters is 3. The van der Waals surface area contributed by atoms with E-state index in [1.807, 2.05) is 25.1 Å². The summed E-state index contributed by atoms with van der Waals surface area (Å²) in [6.07, 6.45) is -1.66. The largest absolute Gasteiger partial charge is 0.462 e. The van der Waals surface area contributed by atoms with Crippen LogP contribution in [-0.4, -0.2) is 85.1 Å². The molecule has 2 saturated carbocycles. The minimum absolute atomic E-state index is 0.0180. The van der Waals surface area contributed by atoms with Crippen molar-refractivity contribution in [2.75, 3.05) is 37.6 Å². The summed E-state index contributed by atoms with van der Waals surface area (Å²) in [5.41, 5.74) is 0.305. The zero-order valence-electron chi connectivity index (χ0n) is 22.7. The molecule has 0 radical (unpaired) electrons. The Bertz CT molecular complexity index is 1040.